The molecule has 3 nitrogen and oxygen atoms in total. The molecule has 0 saturated heterocycles. The number of fused-ring (bicyclic) bond motifs is 1. The first-order valence-electron chi connectivity index (χ1n) is 5.24. The van der Waals surface area contributed by atoms with E-state index in [1.165, 1.54) is 17.7 Å². The predicted octanol–water partition coefficient (Wildman–Crippen LogP) is 0.686. The van der Waals surface area contributed by atoms with E-state index < -0.39 is 0 Å². The van der Waals surface area contributed by atoms with Crippen molar-refractivity contribution in [1.29, 1.82) is 0 Å². The molecule has 76 valence electrons. The highest BCUT2D eigenvalue weighted by Gasteiger charge is 2.14. The largest absolute Gasteiger partial charge is 0.330 e. The van der Waals surface area contributed by atoms with Gasteiger partial charge in [-0.1, -0.05) is 6.07 Å². The second kappa shape index (κ2) is 3.96. The maximum absolute atomic E-state index is 11.6. The van der Waals surface area contributed by atoms with Gasteiger partial charge in [-0.3, -0.25) is 4.79 Å². The lowest BCUT2D eigenvalue weighted by molar-refractivity contribution is 0.604. The Morgan fingerprint density at radius 2 is 2.21 bits per heavy atom. The lowest BCUT2D eigenvalue weighted by Crippen LogP contribution is -2.23. The van der Waals surface area contributed by atoms with Crippen LogP contribution >= 0.6 is 0 Å². The molecule has 1 aromatic heterocycles. The van der Waals surface area contributed by atoms with Gasteiger partial charge < -0.3 is 10.3 Å². The Morgan fingerprint density at radius 1 is 1.36 bits per heavy atom. The molecule has 1 aliphatic rings. The fourth-order valence-electron chi connectivity index (χ4n) is 2.13. The number of nitrogens with two attached hydrogens (primary N) is 1. The second-order valence-corrected chi connectivity index (χ2v) is 3.79. The van der Waals surface area contributed by atoms with Crippen LogP contribution in [0.2, 0.25) is 0 Å². The first-order chi connectivity index (χ1) is 6.83. The molecule has 0 aliphatic heterocycles. The van der Waals surface area contributed by atoms with Crippen molar-refractivity contribution in [3.8, 4) is 0 Å². The van der Waals surface area contributed by atoms with Gasteiger partial charge in [0.15, 0.2) is 0 Å². The van der Waals surface area contributed by atoms with E-state index in [1.54, 1.807) is 6.07 Å². The quantitative estimate of drug-likeness (QED) is 0.765. The Balaban J connectivity index is 2.36. The molecular formula is C11H16N2O. The Morgan fingerprint density at radius 3 is 3.00 bits per heavy atom. The third kappa shape index (κ3) is 1.60. The van der Waals surface area contributed by atoms with Gasteiger partial charge in [0.1, 0.15) is 0 Å². The molecule has 1 aromatic rings. The zero-order valence-electron chi connectivity index (χ0n) is 8.33. The lowest BCUT2D eigenvalue weighted by Gasteiger charge is -2.10. The summed E-state index contributed by atoms with van der Waals surface area (Å²) in [5.74, 6) is 0. The molecule has 0 fully saturated rings. The van der Waals surface area contributed by atoms with Gasteiger partial charge in [0.25, 0.3) is 5.56 Å². The van der Waals surface area contributed by atoms with Crippen LogP contribution in [0.25, 0.3) is 0 Å². The summed E-state index contributed by atoms with van der Waals surface area (Å²) < 4.78 is 1.90. The Kier molecular flexibility index (Phi) is 2.68. The maximum atomic E-state index is 11.6. The summed E-state index contributed by atoms with van der Waals surface area (Å²) in [5.41, 5.74) is 8.17. The van der Waals surface area contributed by atoms with E-state index in [4.69, 9.17) is 5.73 Å². The number of nitrogens with zero attached hydrogens (tertiary/aromatic N) is 1. The zero-order chi connectivity index (χ0) is 9.97. The highest BCUT2D eigenvalue weighted by atomic mass is 16.1. The molecule has 0 saturated carbocycles. The molecule has 0 atom stereocenters. The highest BCUT2D eigenvalue weighted by Crippen LogP contribution is 2.19. The fraction of sp³-hybridized carbons (Fsp3) is 0.545. The van der Waals surface area contributed by atoms with Gasteiger partial charge in [-0.25, -0.2) is 0 Å². The second-order valence-electron chi connectivity index (χ2n) is 3.79. The number of rotatable bonds is 3. The van der Waals surface area contributed by atoms with Crippen molar-refractivity contribution in [2.24, 2.45) is 5.73 Å². The minimum Gasteiger partial charge on any atom is -0.330 e. The summed E-state index contributed by atoms with van der Waals surface area (Å²) in [4.78, 5) is 11.6. The van der Waals surface area contributed by atoms with Gasteiger partial charge >= 0.3 is 0 Å². The van der Waals surface area contributed by atoms with Gasteiger partial charge in [-0.05, 0) is 37.8 Å². The van der Waals surface area contributed by atoms with Gasteiger partial charge in [0, 0.05) is 18.3 Å². The van der Waals surface area contributed by atoms with E-state index in [1.807, 2.05) is 10.6 Å². The van der Waals surface area contributed by atoms with Crippen molar-refractivity contribution in [2.45, 2.75) is 32.2 Å². The third-order valence-electron chi connectivity index (χ3n) is 2.84. The summed E-state index contributed by atoms with van der Waals surface area (Å²) >= 11 is 0. The van der Waals surface area contributed by atoms with Crippen LogP contribution in [0.4, 0.5) is 0 Å². The number of hydrogen-bond acceptors (Lipinski definition) is 2. The molecule has 0 unspecified atom stereocenters. The van der Waals surface area contributed by atoms with E-state index in [2.05, 4.69) is 0 Å². The van der Waals surface area contributed by atoms with Gasteiger partial charge in [0.2, 0.25) is 0 Å². The monoisotopic (exact) mass is 192 g/mol. The first kappa shape index (κ1) is 9.46. The number of aryl methyl sites for hydroxylation is 1. The lowest BCUT2D eigenvalue weighted by atomic mass is 10.2. The molecule has 1 aliphatic carbocycles. The molecule has 0 spiro atoms. The molecule has 0 aromatic carbocycles. The molecule has 0 radical (unpaired) electrons. The van der Waals surface area contributed by atoms with Crippen molar-refractivity contribution in [3.63, 3.8) is 0 Å². The van der Waals surface area contributed by atoms with E-state index in [0.717, 1.165) is 25.8 Å². The molecule has 14 heavy (non-hydrogen) atoms. The van der Waals surface area contributed by atoms with Crippen LogP contribution in [0.1, 0.15) is 24.1 Å². The zero-order valence-corrected chi connectivity index (χ0v) is 8.33. The molecular weight excluding hydrogens is 176 g/mol. The van der Waals surface area contributed by atoms with E-state index in [0.29, 0.717) is 6.54 Å². The smallest absolute Gasteiger partial charge is 0.250 e. The Bertz CT molecular complexity index is 381. The summed E-state index contributed by atoms with van der Waals surface area (Å²) in [5, 5.41) is 0. The van der Waals surface area contributed by atoms with Crippen LogP contribution < -0.4 is 11.3 Å². The van der Waals surface area contributed by atoms with Crippen molar-refractivity contribution in [1.82, 2.24) is 4.57 Å². The molecule has 2 N–H and O–H groups in total. The van der Waals surface area contributed by atoms with E-state index >= 15 is 0 Å². The molecule has 1 heterocycles. The normalized spacial score (nSPS) is 14.4. The van der Waals surface area contributed by atoms with Gasteiger partial charge in [-0.15, -0.1) is 0 Å². The first-order valence-corrected chi connectivity index (χ1v) is 5.24. The van der Waals surface area contributed by atoms with E-state index in [-0.39, 0.29) is 5.56 Å². The molecule has 0 amide bonds. The fourth-order valence-corrected chi connectivity index (χ4v) is 2.13. The van der Waals surface area contributed by atoms with Crippen LogP contribution in [-0.2, 0) is 19.4 Å². The molecule has 0 bridgehead atoms. The Labute approximate surface area is 83.5 Å². The van der Waals surface area contributed by atoms with Crippen LogP contribution in [0, 0.1) is 0 Å². The number of pyridine rings is 1. The van der Waals surface area contributed by atoms with Crippen molar-refractivity contribution in [2.75, 3.05) is 6.54 Å². The van der Waals surface area contributed by atoms with Crippen molar-refractivity contribution < 1.29 is 0 Å². The summed E-state index contributed by atoms with van der Waals surface area (Å²) in [6.45, 7) is 1.43. The molecule has 3 heteroatoms. The van der Waals surface area contributed by atoms with Gasteiger partial charge in [0.05, 0.1) is 0 Å². The van der Waals surface area contributed by atoms with Crippen LogP contribution in [0.3, 0.4) is 0 Å². The SMILES string of the molecule is NCCCn1c2c(ccc1=O)CCC2. The average molecular weight is 192 g/mol. The average Bonchev–Trinajstić information content (AvgIpc) is 2.64. The predicted molar refractivity (Wildman–Crippen MR) is 56.4 cm³/mol. The summed E-state index contributed by atoms with van der Waals surface area (Å²) in [7, 11) is 0. The minimum absolute atomic E-state index is 0.124. The van der Waals surface area contributed by atoms with Crippen LogP contribution in [-0.4, -0.2) is 11.1 Å². The highest BCUT2D eigenvalue weighted by molar-refractivity contribution is 5.25. The van der Waals surface area contributed by atoms with Gasteiger partial charge in [-0.2, -0.15) is 0 Å². The van der Waals surface area contributed by atoms with Crippen molar-refractivity contribution in [3.05, 3.63) is 33.7 Å². The number of hydrogen-bond donors (Lipinski definition) is 1. The van der Waals surface area contributed by atoms with Crippen molar-refractivity contribution >= 4 is 0 Å². The van der Waals surface area contributed by atoms with Crippen LogP contribution in [0.15, 0.2) is 16.9 Å². The topological polar surface area (TPSA) is 48.0 Å². The molecule has 2 rings (SSSR count). The van der Waals surface area contributed by atoms with Crippen LogP contribution in [0.5, 0.6) is 0 Å². The summed E-state index contributed by atoms with van der Waals surface area (Å²) in [6, 6.07) is 3.66. The summed E-state index contributed by atoms with van der Waals surface area (Å²) in [6.07, 6.45) is 4.24. The maximum Gasteiger partial charge on any atom is 0.250 e. The number of aromatic nitrogens is 1. The Hall–Kier alpha value is -1.09. The third-order valence-corrected chi connectivity index (χ3v) is 2.84. The standard InChI is InChI=1S/C11H16N2O/c12-7-2-8-13-10-4-1-3-9(10)5-6-11(13)14/h5-6H,1-4,7-8,12H2. The minimum atomic E-state index is 0.124. The van der Waals surface area contributed by atoms with E-state index in [9.17, 15) is 4.79 Å².